The van der Waals surface area contributed by atoms with Crippen molar-refractivity contribution in [2.75, 3.05) is 0 Å². The standard InChI is InChI=1S/C12H13BrN4O3S/c1-2-5-16-11(7-18)14-15-12(16)21-10-4-3-8(13)6-9(10)17(19)20/h3-4,6,18H,2,5,7H2,1H3. The molecule has 0 fully saturated rings. The summed E-state index contributed by atoms with van der Waals surface area (Å²) >= 11 is 4.39. The fraction of sp³-hybridized carbons (Fsp3) is 0.333. The molecule has 0 bridgehead atoms. The van der Waals surface area contributed by atoms with Crippen LogP contribution in [-0.4, -0.2) is 24.8 Å². The van der Waals surface area contributed by atoms with Crippen molar-refractivity contribution in [2.24, 2.45) is 0 Å². The highest BCUT2D eigenvalue weighted by Crippen LogP contribution is 2.35. The van der Waals surface area contributed by atoms with Gasteiger partial charge in [0.1, 0.15) is 6.61 Å². The van der Waals surface area contributed by atoms with Crippen molar-refractivity contribution >= 4 is 33.4 Å². The average molecular weight is 373 g/mol. The molecule has 0 atom stereocenters. The van der Waals surface area contributed by atoms with Crippen molar-refractivity contribution in [3.63, 3.8) is 0 Å². The number of nitro groups is 1. The molecule has 0 aliphatic heterocycles. The molecule has 0 aliphatic carbocycles. The number of benzene rings is 1. The number of rotatable bonds is 6. The summed E-state index contributed by atoms with van der Waals surface area (Å²) in [6, 6.07) is 4.86. The normalized spacial score (nSPS) is 10.8. The molecule has 112 valence electrons. The van der Waals surface area contributed by atoms with Gasteiger partial charge in [-0.15, -0.1) is 10.2 Å². The number of halogens is 1. The molecule has 21 heavy (non-hydrogen) atoms. The number of nitro benzene ring substituents is 1. The fourth-order valence-corrected chi connectivity index (χ4v) is 3.09. The van der Waals surface area contributed by atoms with Gasteiger partial charge in [0, 0.05) is 17.1 Å². The van der Waals surface area contributed by atoms with E-state index in [4.69, 9.17) is 0 Å². The number of aromatic nitrogens is 3. The SMILES string of the molecule is CCCn1c(CO)nnc1Sc1ccc(Br)cc1[N+](=O)[O-]. The number of nitrogens with zero attached hydrogens (tertiary/aromatic N) is 4. The minimum Gasteiger partial charge on any atom is -0.388 e. The Hall–Kier alpha value is -1.45. The summed E-state index contributed by atoms with van der Waals surface area (Å²) in [5.41, 5.74) is 0.00553. The summed E-state index contributed by atoms with van der Waals surface area (Å²) in [5, 5.41) is 28.8. The molecule has 0 saturated carbocycles. The van der Waals surface area contributed by atoms with Gasteiger partial charge in [0.25, 0.3) is 5.69 Å². The van der Waals surface area contributed by atoms with Gasteiger partial charge in [0.2, 0.25) is 0 Å². The number of aliphatic hydroxyl groups is 1. The van der Waals surface area contributed by atoms with Crippen molar-refractivity contribution in [3.8, 4) is 0 Å². The quantitative estimate of drug-likeness (QED) is 0.618. The van der Waals surface area contributed by atoms with Crippen molar-refractivity contribution in [1.82, 2.24) is 14.8 Å². The van der Waals surface area contributed by atoms with Gasteiger partial charge >= 0.3 is 0 Å². The average Bonchev–Trinajstić information content (AvgIpc) is 2.83. The second-order valence-corrected chi connectivity index (χ2v) is 6.10. The highest BCUT2D eigenvalue weighted by molar-refractivity contribution is 9.10. The maximum Gasteiger partial charge on any atom is 0.284 e. The largest absolute Gasteiger partial charge is 0.388 e. The van der Waals surface area contributed by atoms with Crippen LogP contribution in [0.15, 0.2) is 32.7 Å². The summed E-state index contributed by atoms with van der Waals surface area (Å²) in [5.74, 6) is 0.458. The molecule has 2 rings (SSSR count). The predicted molar refractivity (Wildman–Crippen MR) is 81.2 cm³/mol. The molecular weight excluding hydrogens is 360 g/mol. The monoisotopic (exact) mass is 372 g/mol. The van der Waals surface area contributed by atoms with Crippen LogP contribution in [0.5, 0.6) is 0 Å². The van der Waals surface area contributed by atoms with Gasteiger partial charge < -0.3 is 9.67 Å². The van der Waals surface area contributed by atoms with E-state index in [1.165, 1.54) is 17.8 Å². The predicted octanol–water partition coefficient (Wildman–Crippen LogP) is 3.00. The molecule has 0 spiro atoms. The molecule has 0 radical (unpaired) electrons. The number of hydrogen-bond donors (Lipinski definition) is 1. The second-order valence-electron chi connectivity index (χ2n) is 4.18. The molecule has 7 nitrogen and oxygen atoms in total. The van der Waals surface area contributed by atoms with Crippen LogP contribution < -0.4 is 0 Å². The summed E-state index contributed by atoms with van der Waals surface area (Å²) in [7, 11) is 0. The Bertz CT molecular complexity index is 662. The van der Waals surface area contributed by atoms with Gasteiger partial charge in [-0.1, -0.05) is 22.9 Å². The summed E-state index contributed by atoms with van der Waals surface area (Å²) < 4.78 is 2.42. The zero-order valence-corrected chi connectivity index (χ0v) is 13.6. The Morgan fingerprint density at radius 3 is 2.86 bits per heavy atom. The first-order valence-corrected chi connectivity index (χ1v) is 7.82. The zero-order valence-electron chi connectivity index (χ0n) is 11.2. The van der Waals surface area contributed by atoms with Gasteiger partial charge in [-0.05, 0) is 30.3 Å². The Balaban J connectivity index is 2.38. The molecule has 1 aromatic heterocycles. The highest BCUT2D eigenvalue weighted by Gasteiger charge is 2.19. The molecule has 9 heteroatoms. The molecule has 2 aromatic rings. The van der Waals surface area contributed by atoms with E-state index >= 15 is 0 Å². The molecule has 1 heterocycles. The van der Waals surface area contributed by atoms with Crippen LogP contribution in [0.3, 0.4) is 0 Å². The van der Waals surface area contributed by atoms with Gasteiger partial charge in [0.15, 0.2) is 11.0 Å². The van der Waals surface area contributed by atoms with E-state index in [0.29, 0.717) is 26.9 Å². The Kier molecular flexibility index (Phi) is 5.32. The third-order valence-corrected chi connectivity index (χ3v) is 4.24. The van der Waals surface area contributed by atoms with Crippen molar-refractivity contribution in [3.05, 3.63) is 38.6 Å². The number of hydrogen-bond acceptors (Lipinski definition) is 6. The Morgan fingerprint density at radius 2 is 2.24 bits per heavy atom. The minimum absolute atomic E-state index is 0.00553. The molecule has 0 unspecified atom stereocenters. The first-order chi connectivity index (χ1) is 10.1. The first kappa shape index (κ1) is 15.9. The number of aliphatic hydroxyl groups excluding tert-OH is 1. The minimum atomic E-state index is -0.430. The summed E-state index contributed by atoms with van der Waals surface area (Å²) in [6.07, 6.45) is 0.848. The zero-order chi connectivity index (χ0) is 15.4. The third kappa shape index (κ3) is 3.60. The van der Waals surface area contributed by atoms with Crippen LogP contribution in [0, 0.1) is 10.1 Å². The lowest BCUT2D eigenvalue weighted by atomic mass is 10.3. The van der Waals surface area contributed by atoms with Crippen LogP contribution in [0.2, 0.25) is 0 Å². The Morgan fingerprint density at radius 1 is 1.48 bits per heavy atom. The van der Waals surface area contributed by atoms with E-state index in [1.54, 1.807) is 16.7 Å². The highest BCUT2D eigenvalue weighted by atomic mass is 79.9. The Labute approximate surface area is 133 Å². The van der Waals surface area contributed by atoms with E-state index in [-0.39, 0.29) is 12.3 Å². The van der Waals surface area contributed by atoms with Crippen molar-refractivity contribution in [2.45, 2.75) is 36.5 Å². The lowest BCUT2D eigenvalue weighted by molar-refractivity contribution is -0.387. The van der Waals surface area contributed by atoms with E-state index in [2.05, 4.69) is 26.1 Å². The summed E-state index contributed by atoms with van der Waals surface area (Å²) in [4.78, 5) is 11.2. The van der Waals surface area contributed by atoms with Crippen molar-refractivity contribution < 1.29 is 10.0 Å². The van der Waals surface area contributed by atoms with E-state index in [9.17, 15) is 15.2 Å². The lowest BCUT2D eigenvalue weighted by Gasteiger charge is -2.07. The van der Waals surface area contributed by atoms with Gasteiger partial charge in [-0.2, -0.15) is 0 Å². The van der Waals surface area contributed by atoms with Crippen LogP contribution in [0.4, 0.5) is 5.69 Å². The third-order valence-electron chi connectivity index (χ3n) is 2.70. The van der Waals surface area contributed by atoms with Crippen LogP contribution in [-0.2, 0) is 13.2 Å². The summed E-state index contributed by atoms with van der Waals surface area (Å²) in [6.45, 7) is 2.43. The van der Waals surface area contributed by atoms with Gasteiger partial charge in [-0.25, -0.2) is 0 Å². The van der Waals surface area contributed by atoms with Gasteiger partial charge in [0.05, 0.1) is 9.82 Å². The van der Waals surface area contributed by atoms with Crippen LogP contribution >= 0.6 is 27.7 Å². The van der Waals surface area contributed by atoms with Crippen LogP contribution in [0.1, 0.15) is 19.2 Å². The van der Waals surface area contributed by atoms with Crippen LogP contribution in [0.25, 0.3) is 0 Å². The van der Waals surface area contributed by atoms with E-state index < -0.39 is 4.92 Å². The topological polar surface area (TPSA) is 94.1 Å². The first-order valence-electron chi connectivity index (χ1n) is 6.21. The lowest BCUT2D eigenvalue weighted by Crippen LogP contribution is -2.04. The molecule has 0 aliphatic rings. The maximum atomic E-state index is 11.1. The maximum absolute atomic E-state index is 11.1. The second kappa shape index (κ2) is 7.01. The van der Waals surface area contributed by atoms with Crippen molar-refractivity contribution in [1.29, 1.82) is 0 Å². The van der Waals surface area contributed by atoms with E-state index in [0.717, 1.165) is 6.42 Å². The molecular formula is C12H13BrN4O3S. The van der Waals surface area contributed by atoms with Gasteiger partial charge in [-0.3, -0.25) is 10.1 Å². The molecule has 1 aromatic carbocycles. The smallest absolute Gasteiger partial charge is 0.284 e. The molecule has 0 saturated heterocycles. The molecule has 0 amide bonds. The fourth-order valence-electron chi connectivity index (χ4n) is 1.78. The molecule has 1 N–H and O–H groups in total. The van der Waals surface area contributed by atoms with E-state index in [1.807, 2.05) is 6.92 Å².